The number of nitrogens with one attached hydrogen (secondary N) is 2. The fraction of sp³-hybridized carbons (Fsp3) is 0.167. The summed E-state index contributed by atoms with van der Waals surface area (Å²) < 4.78 is 5.33. The Hall–Kier alpha value is -2.30. The molecule has 0 aromatic heterocycles. The Morgan fingerprint density at radius 2 is 2.12 bits per heavy atom. The number of carboxylic acids is 1. The second-order valence-corrected chi connectivity index (χ2v) is 3.22. The van der Waals surface area contributed by atoms with Gasteiger partial charge in [0.2, 0.25) is 5.88 Å². The van der Waals surface area contributed by atoms with Crippen LogP contribution in [0.25, 0.3) is 0 Å². The SMILES string of the molecule is CN/C(OCc1ccccc1)=C(\C=N)C(=O)O. The molecule has 0 spiro atoms. The van der Waals surface area contributed by atoms with E-state index >= 15 is 0 Å². The Morgan fingerprint density at radius 1 is 1.47 bits per heavy atom. The molecule has 5 nitrogen and oxygen atoms in total. The van der Waals surface area contributed by atoms with Crippen molar-refractivity contribution >= 4 is 12.2 Å². The number of carbonyl (C=O) groups is 1. The molecule has 5 heteroatoms. The van der Waals surface area contributed by atoms with Gasteiger partial charge in [-0.2, -0.15) is 0 Å². The third-order valence-corrected chi connectivity index (χ3v) is 2.07. The molecule has 0 bridgehead atoms. The zero-order valence-corrected chi connectivity index (χ0v) is 9.43. The summed E-state index contributed by atoms with van der Waals surface area (Å²) in [5, 5.41) is 18.5. The van der Waals surface area contributed by atoms with Crippen LogP contribution in [0.15, 0.2) is 41.8 Å². The molecule has 1 aromatic rings. The van der Waals surface area contributed by atoms with Crippen molar-refractivity contribution in [2.24, 2.45) is 0 Å². The summed E-state index contributed by atoms with van der Waals surface area (Å²) in [6.45, 7) is 0.252. The summed E-state index contributed by atoms with van der Waals surface area (Å²) >= 11 is 0. The topological polar surface area (TPSA) is 82.4 Å². The van der Waals surface area contributed by atoms with Crippen LogP contribution in [0.4, 0.5) is 0 Å². The van der Waals surface area contributed by atoms with Crippen LogP contribution in [0, 0.1) is 5.41 Å². The summed E-state index contributed by atoms with van der Waals surface area (Å²) in [6, 6.07) is 9.38. The highest BCUT2D eigenvalue weighted by Crippen LogP contribution is 2.07. The molecule has 1 rings (SSSR count). The molecule has 1 aromatic carbocycles. The van der Waals surface area contributed by atoms with Crippen molar-refractivity contribution in [1.29, 1.82) is 5.41 Å². The van der Waals surface area contributed by atoms with E-state index in [1.165, 1.54) is 0 Å². The van der Waals surface area contributed by atoms with Crippen LogP contribution in [0.5, 0.6) is 0 Å². The van der Waals surface area contributed by atoms with Crippen molar-refractivity contribution in [1.82, 2.24) is 5.32 Å². The molecule has 0 saturated heterocycles. The van der Waals surface area contributed by atoms with E-state index in [1.54, 1.807) is 7.05 Å². The van der Waals surface area contributed by atoms with Gasteiger partial charge in [0, 0.05) is 13.3 Å². The number of ether oxygens (including phenoxy) is 1. The van der Waals surface area contributed by atoms with Crippen molar-refractivity contribution in [2.45, 2.75) is 6.61 Å². The minimum atomic E-state index is -1.20. The van der Waals surface area contributed by atoms with Gasteiger partial charge >= 0.3 is 5.97 Å². The van der Waals surface area contributed by atoms with Crippen LogP contribution < -0.4 is 5.32 Å². The summed E-state index contributed by atoms with van der Waals surface area (Å²) in [5.41, 5.74) is 0.721. The summed E-state index contributed by atoms with van der Waals surface area (Å²) in [6.07, 6.45) is 0.749. The van der Waals surface area contributed by atoms with E-state index in [0.717, 1.165) is 11.8 Å². The maximum atomic E-state index is 10.8. The molecule has 3 N–H and O–H groups in total. The van der Waals surface area contributed by atoms with E-state index in [4.69, 9.17) is 15.3 Å². The van der Waals surface area contributed by atoms with E-state index in [1.807, 2.05) is 30.3 Å². The van der Waals surface area contributed by atoms with Crippen LogP contribution in [-0.4, -0.2) is 24.3 Å². The number of hydrogen-bond donors (Lipinski definition) is 3. The zero-order valence-electron chi connectivity index (χ0n) is 9.43. The third-order valence-electron chi connectivity index (χ3n) is 2.07. The number of carboxylic acid groups (broad SMARTS) is 1. The lowest BCUT2D eigenvalue weighted by atomic mass is 10.2. The van der Waals surface area contributed by atoms with Crippen LogP contribution >= 0.6 is 0 Å². The first-order chi connectivity index (χ1) is 8.19. The minimum absolute atomic E-state index is 0.0800. The first-order valence-electron chi connectivity index (χ1n) is 5.01. The smallest absolute Gasteiger partial charge is 0.342 e. The zero-order chi connectivity index (χ0) is 12.7. The number of benzene rings is 1. The van der Waals surface area contributed by atoms with Crippen LogP contribution in [0.1, 0.15) is 5.56 Å². The summed E-state index contributed by atoms with van der Waals surface area (Å²) in [5.74, 6) is -1.12. The highest BCUT2D eigenvalue weighted by molar-refractivity contribution is 6.07. The van der Waals surface area contributed by atoms with Gasteiger partial charge in [-0.3, -0.25) is 0 Å². The maximum absolute atomic E-state index is 10.8. The molecule has 17 heavy (non-hydrogen) atoms. The van der Waals surface area contributed by atoms with E-state index in [-0.39, 0.29) is 18.1 Å². The quantitative estimate of drug-likeness (QED) is 0.394. The van der Waals surface area contributed by atoms with Crippen molar-refractivity contribution in [3.05, 3.63) is 47.4 Å². The number of aliphatic carboxylic acids is 1. The van der Waals surface area contributed by atoms with Gasteiger partial charge in [0.15, 0.2) is 0 Å². The third kappa shape index (κ3) is 3.64. The average Bonchev–Trinajstić information content (AvgIpc) is 2.35. The summed E-state index contributed by atoms with van der Waals surface area (Å²) in [4.78, 5) is 10.8. The Kier molecular flexibility index (Phi) is 4.75. The van der Waals surface area contributed by atoms with Gasteiger partial charge in [-0.05, 0) is 5.56 Å². The second-order valence-electron chi connectivity index (χ2n) is 3.22. The molecule has 0 atom stereocenters. The highest BCUT2D eigenvalue weighted by atomic mass is 16.5. The van der Waals surface area contributed by atoms with Crippen LogP contribution in [0.3, 0.4) is 0 Å². The van der Waals surface area contributed by atoms with Crippen molar-refractivity contribution in [2.75, 3.05) is 7.05 Å². The first kappa shape index (κ1) is 12.8. The molecule has 0 aliphatic rings. The molecule has 0 radical (unpaired) electrons. The molecule has 0 unspecified atom stereocenters. The lowest BCUT2D eigenvalue weighted by Crippen LogP contribution is -2.17. The molecular weight excluding hydrogens is 220 g/mol. The predicted octanol–water partition coefficient (Wildman–Crippen LogP) is 1.37. The molecule has 90 valence electrons. The predicted molar refractivity (Wildman–Crippen MR) is 63.7 cm³/mol. The highest BCUT2D eigenvalue weighted by Gasteiger charge is 2.12. The summed E-state index contributed by atoms with van der Waals surface area (Å²) in [7, 11) is 1.55. The Bertz CT molecular complexity index is 427. The van der Waals surface area contributed by atoms with Crippen LogP contribution in [0.2, 0.25) is 0 Å². The molecule has 0 amide bonds. The van der Waals surface area contributed by atoms with Crippen LogP contribution in [-0.2, 0) is 16.1 Å². The molecular formula is C12H14N2O3. The van der Waals surface area contributed by atoms with Gasteiger partial charge in [0.1, 0.15) is 12.2 Å². The van der Waals surface area contributed by atoms with Gasteiger partial charge in [-0.25, -0.2) is 4.79 Å². The standard InChI is InChI=1S/C12H14N2O3/c1-14-11(10(7-13)12(15)16)17-8-9-5-3-2-4-6-9/h2-7,13-14H,8H2,1H3,(H,15,16)/b11-10-,13-7?. The Labute approximate surface area is 99.2 Å². The molecule has 0 aliphatic carbocycles. The van der Waals surface area contributed by atoms with Gasteiger partial charge in [0.25, 0.3) is 0 Å². The Morgan fingerprint density at radius 3 is 2.59 bits per heavy atom. The van der Waals surface area contributed by atoms with Gasteiger partial charge in [0.05, 0.1) is 0 Å². The maximum Gasteiger partial charge on any atom is 0.342 e. The van der Waals surface area contributed by atoms with E-state index in [0.29, 0.717) is 0 Å². The lowest BCUT2D eigenvalue weighted by molar-refractivity contribution is -0.132. The van der Waals surface area contributed by atoms with Gasteiger partial charge < -0.3 is 20.6 Å². The van der Waals surface area contributed by atoms with Crippen molar-refractivity contribution in [3.63, 3.8) is 0 Å². The lowest BCUT2D eigenvalue weighted by Gasteiger charge is -2.11. The van der Waals surface area contributed by atoms with Crippen molar-refractivity contribution < 1.29 is 14.6 Å². The fourth-order valence-corrected chi connectivity index (χ4v) is 1.24. The molecule has 0 fully saturated rings. The minimum Gasteiger partial charge on any atom is -0.477 e. The van der Waals surface area contributed by atoms with E-state index in [2.05, 4.69) is 5.32 Å². The second kappa shape index (κ2) is 6.32. The number of rotatable bonds is 6. The monoisotopic (exact) mass is 234 g/mol. The average molecular weight is 234 g/mol. The first-order valence-corrected chi connectivity index (χ1v) is 5.01. The van der Waals surface area contributed by atoms with E-state index in [9.17, 15) is 4.79 Å². The van der Waals surface area contributed by atoms with E-state index < -0.39 is 5.97 Å². The largest absolute Gasteiger partial charge is 0.477 e. The van der Waals surface area contributed by atoms with Gasteiger partial charge in [-0.1, -0.05) is 30.3 Å². The van der Waals surface area contributed by atoms with Gasteiger partial charge in [-0.15, -0.1) is 0 Å². The number of hydrogen-bond acceptors (Lipinski definition) is 4. The Balaban J connectivity index is 2.77. The molecule has 0 heterocycles. The fourth-order valence-electron chi connectivity index (χ4n) is 1.24. The molecule has 0 aliphatic heterocycles. The molecule has 0 saturated carbocycles. The normalized spacial score (nSPS) is 11.4. The van der Waals surface area contributed by atoms with Crippen molar-refractivity contribution in [3.8, 4) is 0 Å².